The Hall–Kier alpha value is -2.63. The van der Waals surface area contributed by atoms with Crippen LogP contribution in [0.3, 0.4) is 0 Å². The smallest absolute Gasteiger partial charge is 0.237 e. The molecule has 1 amide bonds. The Morgan fingerprint density at radius 2 is 1.83 bits per heavy atom. The van der Waals surface area contributed by atoms with Gasteiger partial charge in [-0.25, -0.2) is 0 Å². The molecule has 1 aliphatic heterocycles. The molecule has 5 heteroatoms. The van der Waals surface area contributed by atoms with Crippen molar-refractivity contribution >= 4 is 16.8 Å². The summed E-state index contributed by atoms with van der Waals surface area (Å²) in [4.78, 5) is 19.1. The van der Waals surface area contributed by atoms with Gasteiger partial charge in [-0.15, -0.1) is 0 Å². The first-order chi connectivity index (χ1) is 17.2. The molecule has 4 rings (SSSR count). The Kier molecular flexibility index (Phi) is 9.79. The Morgan fingerprint density at radius 1 is 1.06 bits per heavy atom. The number of hydrogen-bond acceptors (Lipinski definition) is 3. The maximum Gasteiger partial charge on any atom is 0.237 e. The minimum Gasteiger partial charge on any atom is -0.361 e. The molecule has 1 aliphatic rings. The van der Waals surface area contributed by atoms with Gasteiger partial charge in [0.25, 0.3) is 0 Å². The number of aromatic amines is 1. The standard InChI is InChI=1S/C30H42N4O/c1-2-3-17-31-29(22-26-23-33-28-12-8-7-11-27(26)28)30(35)32-18-13-25-15-20-34(21-16-25)19-14-24-9-5-4-6-10-24/h4-12,23,25,29,31,33H,2-3,13-22H2,1H3,(H,32,35)/t29-/m0/s1. The lowest BCUT2D eigenvalue weighted by molar-refractivity contribution is -0.123. The number of piperidine rings is 1. The predicted molar refractivity (Wildman–Crippen MR) is 146 cm³/mol. The number of para-hydroxylation sites is 1. The van der Waals surface area contributed by atoms with Gasteiger partial charge in [-0.05, 0) is 81.3 Å². The summed E-state index contributed by atoms with van der Waals surface area (Å²) < 4.78 is 0. The summed E-state index contributed by atoms with van der Waals surface area (Å²) in [6.45, 7) is 7.32. The Morgan fingerprint density at radius 3 is 2.63 bits per heavy atom. The minimum absolute atomic E-state index is 0.131. The molecule has 188 valence electrons. The van der Waals surface area contributed by atoms with Crippen molar-refractivity contribution in [1.29, 1.82) is 0 Å². The third-order valence-electron chi connectivity index (χ3n) is 7.46. The fourth-order valence-electron chi connectivity index (χ4n) is 5.18. The molecule has 3 aromatic rings. The number of carbonyl (C=O) groups is 1. The number of aromatic nitrogens is 1. The average Bonchev–Trinajstić information content (AvgIpc) is 3.31. The van der Waals surface area contributed by atoms with E-state index in [0.717, 1.165) is 50.8 Å². The van der Waals surface area contributed by atoms with Crippen LogP contribution in [0, 0.1) is 5.92 Å². The largest absolute Gasteiger partial charge is 0.361 e. The maximum absolute atomic E-state index is 13.1. The average molecular weight is 475 g/mol. The summed E-state index contributed by atoms with van der Waals surface area (Å²) in [6.07, 6.45) is 9.64. The van der Waals surface area contributed by atoms with E-state index >= 15 is 0 Å². The fourth-order valence-corrected chi connectivity index (χ4v) is 5.18. The molecule has 0 bridgehead atoms. The number of hydrogen-bond donors (Lipinski definition) is 3. The van der Waals surface area contributed by atoms with Crippen LogP contribution in [0.25, 0.3) is 10.9 Å². The molecule has 35 heavy (non-hydrogen) atoms. The number of carbonyl (C=O) groups excluding carboxylic acids is 1. The van der Waals surface area contributed by atoms with E-state index in [2.05, 4.69) is 82.2 Å². The molecule has 1 fully saturated rings. The number of rotatable bonds is 13. The topological polar surface area (TPSA) is 60.2 Å². The van der Waals surface area contributed by atoms with E-state index in [1.807, 2.05) is 6.07 Å². The lowest BCUT2D eigenvalue weighted by Gasteiger charge is -2.32. The zero-order valence-electron chi connectivity index (χ0n) is 21.3. The first-order valence-corrected chi connectivity index (χ1v) is 13.5. The third kappa shape index (κ3) is 7.68. The molecule has 0 saturated carbocycles. The molecule has 0 spiro atoms. The SMILES string of the molecule is CCCCN[C@@H](Cc1c[nH]c2ccccc12)C(=O)NCCC1CCN(CCc2ccccc2)CC1. The van der Waals surface area contributed by atoms with E-state index in [-0.39, 0.29) is 11.9 Å². The van der Waals surface area contributed by atoms with E-state index < -0.39 is 0 Å². The first kappa shape index (κ1) is 25.5. The van der Waals surface area contributed by atoms with Crippen LogP contribution in [0.1, 0.15) is 50.2 Å². The van der Waals surface area contributed by atoms with Crippen molar-refractivity contribution in [3.8, 4) is 0 Å². The summed E-state index contributed by atoms with van der Waals surface area (Å²) in [5.74, 6) is 0.843. The number of benzene rings is 2. The van der Waals surface area contributed by atoms with Gasteiger partial charge in [0, 0.05) is 30.2 Å². The molecule has 1 atom stereocenters. The summed E-state index contributed by atoms with van der Waals surface area (Å²) in [7, 11) is 0. The maximum atomic E-state index is 13.1. The van der Waals surface area contributed by atoms with Crippen LogP contribution >= 0.6 is 0 Å². The van der Waals surface area contributed by atoms with Gasteiger partial charge in [-0.1, -0.05) is 61.9 Å². The van der Waals surface area contributed by atoms with Crippen LogP contribution in [0.2, 0.25) is 0 Å². The predicted octanol–water partition coefficient (Wildman–Crippen LogP) is 4.93. The van der Waals surface area contributed by atoms with E-state index in [1.54, 1.807) is 0 Å². The van der Waals surface area contributed by atoms with Crippen LogP contribution in [0.15, 0.2) is 60.8 Å². The van der Waals surface area contributed by atoms with Gasteiger partial charge in [0.05, 0.1) is 6.04 Å². The summed E-state index contributed by atoms with van der Waals surface area (Å²) in [5.41, 5.74) is 3.75. The van der Waals surface area contributed by atoms with Crippen molar-refractivity contribution in [3.63, 3.8) is 0 Å². The Labute approximate surface area is 210 Å². The number of nitrogens with zero attached hydrogens (tertiary/aromatic N) is 1. The molecule has 0 radical (unpaired) electrons. The number of amides is 1. The van der Waals surface area contributed by atoms with Gasteiger partial charge < -0.3 is 20.5 Å². The number of H-pyrrole nitrogens is 1. The highest BCUT2D eigenvalue weighted by molar-refractivity contribution is 5.86. The van der Waals surface area contributed by atoms with Gasteiger partial charge >= 0.3 is 0 Å². The third-order valence-corrected chi connectivity index (χ3v) is 7.46. The zero-order valence-corrected chi connectivity index (χ0v) is 21.3. The van der Waals surface area contributed by atoms with Gasteiger partial charge in [0.1, 0.15) is 0 Å². The molecular weight excluding hydrogens is 432 g/mol. The minimum atomic E-state index is -0.194. The van der Waals surface area contributed by atoms with Gasteiger partial charge in [-0.3, -0.25) is 4.79 Å². The molecule has 2 heterocycles. The number of nitrogens with one attached hydrogen (secondary N) is 3. The highest BCUT2D eigenvalue weighted by atomic mass is 16.2. The lowest BCUT2D eigenvalue weighted by atomic mass is 9.93. The normalized spacial score (nSPS) is 15.9. The van der Waals surface area contributed by atoms with Crippen LogP contribution in [0.5, 0.6) is 0 Å². The molecule has 0 unspecified atom stereocenters. The number of unbranched alkanes of at least 4 members (excludes halogenated alkanes) is 1. The summed E-state index contributed by atoms with van der Waals surface area (Å²) in [5, 5.41) is 7.97. The Balaban J connectivity index is 1.20. The zero-order chi connectivity index (χ0) is 24.3. The van der Waals surface area contributed by atoms with Crippen molar-refractivity contribution in [2.24, 2.45) is 5.92 Å². The number of likely N-dealkylation sites (tertiary alicyclic amines) is 1. The summed E-state index contributed by atoms with van der Waals surface area (Å²) >= 11 is 0. The van der Waals surface area contributed by atoms with E-state index in [4.69, 9.17) is 0 Å². The molecule has 1 aromatic heterocycles. The van der Waals surface area contributed by atoms with Crippen molar-refractivity contribution in [1.82, 2.24) is 20.5 Å². The van der Waals surface area contributed by atoms with Crippen LogP contribution < -0.4 is 10.6 Å². The second-order valence-electron chi connectivity index (χ2n) is 10.0. The second-order valence-corrected chi connectivity index (χ2v) is 10.0. The molecule has 0 aliphatic carbocycles. The van der Waals surface area contributed by atoms with E-state index in [9.17, 15) is 4.79 Å². The quantitative estimate of drug-likeness (QED) is 0.308. The van der Waals surface area contributed by atoms with Gasteiger partial charge in [0.15, 0.2) is 0 Å². The second kappa shape index (κ2) is 13.5. The van der Waals surface area contributed by atoms with Gasteiger partial charge in [0.2, 0.25) is 5.91 Å². The highest BCUT2D eigenvalue weighted by Gasteiger charge is 2.22. The molecule has 3 N–H and O–H groups in total. The lowest BCUT2D eigenvalue weighted by Crippen LogP contribution is -2.46. The van der Waals surface area contributed by atoms with Crippen LogP contribution in [0.4, 0.5) is 0 Å². The molecular formula is C30H42N4O. The Bertz CT molecular complexity index is 1020. The van der Waals surface area contributed by atoms with Gasteiger partial charge in [-0.2, -0.15) is 0 Å². The molecule has 2 aromatic carbocycles. The highest BCUT2D eigenvalue weighted by Crippen LogP contribution is 2.21. The van der Waals surface area contributed by atoms with Crippen molar-refractivity contribution in [3.05, 3.63) is 71.9 Å². The van der Waals surface area contributed by atoms with Crippen molar-refractivity contribution in [2.75, 3.05) is 32.7 Å². The number of fused-ring (bicyclic) bond motifs is 1. The van der Waals surface area contributed by atoms with Crippen molar-refractivity contribution < 1.29 is 4.79 Å². The van der Waals surface area contributed by atoms with Crippen molar-refractivity contribution in [2.45, 2.75) is 57.9 Å². The van der Waals surface area contributed by atoms with E-state index in [1.165, 1.54) is 42.4 Å². The molecule has 1 saturated heterocycles. The first-order valence-electron chi connectivity index (χ1n) is 13.5. The monoisotopic (exact) mass is 474 g/mol. The summed E-state index contributed by atoms with van der Waals surface area (Å²) in [6, 6.07) is 18.9. The van der Waals surface area contributed by atoms with Crippen LogP contribution in [-0.4, -0.2) is 54.6 Å². The van der Waals surface area contributed by atoms with Crippen LogP contribution in [-0.2, 0) is 17.6 Å². The molecule has 5 nitrogen and oxygen atoms in total. The van der Waals surface area contributed by atoms with E-state index in [0.29, 0.717) is 12.3 Å². The fraction of sp³-hybridized carbons (Fsp3) is 0.500.